The molecule has 41 heavy (non-hydrogen) atoms. The number of carbonyl (C=O) groups excluding carboxylic acids is 2. The van der Waals surface area contributed by atoms with Crippen LogP contribution in [0.25, 0.3) is 5.76 Å². The summed E-state index contributed by atoms with van der Waals surface area (Å²) in [5.41, 5.74) is 3.26. The number of amides is 1. The van der Waals surface area contributed by atoms with Gasteiger partial charge in [0.1, 0.15) is 24.7 Å². The molecule has 3 aromatic carbocycles. The van der Waals surface area contributed by atoms with Crippen molar-refractivity contribution in [3.63, 3.8) is 0 Å². The van der Waals surface area contributed by atoms with E-state index in [1.165, 1.54) is 4.90 Å². The first-order chi connectivity index (χ1) is 19.3. The van der Waals surface area contributed by atoms with Crippen LogP contribution in [-0.2, 0) is 20.4 Å². The van der Waals surface area contributed by atoms with E-state index in [2.05, 4.69) is 20.8 Å². The van der Waals surface area contributed by atoms with E-state index < -0.39 is 17.7 Å². The van der Waals surface area contributed by atoms with Crippen LogP contribution in [0.15, 0.2) is 66.2 Å². The number of carbonyl (C=O) groups is 2. The molecule has 5 rings (SSSR count). The lowest BCUT2D eigenvalue weighted by Gasteiger charge is -2.28. The molecule has 7 heteroatoms. The van der Waals surface area contributed by atoms with Crippen molar-refractivity contribution in [2.24, 2.45) is 0 Å². The Labute approximate surface area is 241 Å². The van der Waals surface area contributed by atoms with Crippen molar-refractivity contribution < 1.29 is 28.9 Å². The van der Waals surface area contributed by atoms with E-state index in [-0.39, 0.29) is 22.2 Å². The van der Waals surface area contributed by atoms with Crippen molar-refractivity contribution in [1.29, 1.82) is 0 Å². The molecular formula is C34H37NO6. The van der Waals surface area contributed by atoms with Gasteiger partial charge in [-0.1, -0.05) is 65.8 Å². The number of anilines is 1. The summed E-state index contributed by atoms with van der Waals surface area (Å²) in [6.45, 7) is 13.3. The molecule has 0 radical (unpaired) electrons. The van der Waals surface area contributed by atoms with Crippen molar-refractivity contribution in [1.82, 2.24) is 0 Å². The molecule has 1 saturated heterocycles. The van der Waals surface area contributed by atoms with Crippen LogP contribution in [0.3, 0.4) is 0 Å². The maximum absolute atomic E-state index is 13.7. The molecule has 3 aromatic rings. The fourth-order valence-corrected chi connectivity index (χ4v) is 5.36. The largest absolute Gasteiger partial charge is 0.507 e. The third-order valence-electron chi connectivity index (χ3n) is 7.62. The van der Waals surface area contributed by atoms with Crippen LogP contribution in [0.2, 0.25) is 0 Å². The number of rotatable bonds is 4. The minimum atomic E-state index is -0.855. The predicted molar refractivity (Wildman–Crippen MR) is 159 cm³/mol. The number of aliphatic hydroxyl groups excluding tert-OH is 1. The Kier molecular flexibility index (Phi) is 7.10. The molecule has 0 aliphatic carbocycles. The number of hydrogen-bond acceptors (Lipinski definition) is 6. The Bertz CT molecular complexity index is 1540. The van der Waals surface area contributed by atoms with E-state index in [4.69, 9.17) is 14.2 Å². The summed E-state index contributed by atoms with van der Waals surface area (Å²) < 4.78 is 17.0. The topological polar surface area (TPSA) is 85.3 Å². The van der Waals surface area contributed by atoms with Crippen molar-refractivity contribution >= 4 is 23.1 Å². The second kappa shape index (κ2) is 10.3. The van der Waals surface area contributed by atoms with Crippen LogP contribution in [0.4, 0.5) is 5.69 Å². The van der Waals surface area contributed by atoms with Gasteiger partial charge in [-0.15, -0.1) is 0 Å². The number of nitrogens with zero attached hydrogens (tertiary/aromatic N) is 1. The van der Waals surface area contributed by atoms with Gasteiger partial charge in [0.05, 0.1) is 18.7 Å². The van der Waals surface area contributed by atoms with Gasteiger partial charge in [0.2, 0.25) is 0 Å². The molecule has 0 bridgehead atoms. The molecule has 1 atom stereocenters. The van der Waals surface area contributed by atoms with E-state index in [1.807, 2.05) is 51.1 Å². The maximum Gasteiger partial charge on any atom is 0.300 e. The van der Waals surface area contributed by atoms with Gasteiger partial charge >= 0.3 is 0 Å². The second-order valence-corrected chi connectivity index (χ2v) is 12.5. The first-order valence-corrected chi connectivity index (χ1v) is 13.8. The highest BCUT2D eigenvalue weighted by atomic mass is 16.6. The number of ketones is 1. The van der Waals surface area contributed by atoms with E-state index in [0.29, 0.717) is 47.3 Å². The van der Waals surface area contributed by atoms with Crippen LogP contribution in [-0.4, -0.2) is 37.1 Å². The van der Waals surface area contributed by atoms with Gasteiger partial charge in [0.25, 0.3) is 11.7 Å². The quantitative estimate of drug-likeness (QED) is 0.219. The molecule has 1 fully saturated rings. The predicted octanol–water partition coefficient (Wildman–Crippen LogP) is 6.69. The summed E-state index contributed by atoms with van der Waals surface area (Å²) in [7, 11) is 1.60. The summed E-state index contributed by atoms with van der Waals surface area (Å²) >= 11 is 0. The van der Waals surface area contributed by atoms with E-state index in [1.54, 1.807) is 37.4 Å². The summed E-state index contributed by atoms with van der Waals surface area (Å²) in [4.78, 5) is 28.9. The zero-order valence-corrected chi connectivity index (χ0v) is 24.7. The number of fused-ring (bicyclic) bond motifs is 1. The molecule has 1 unspecified atom stereocenters. The Hall–Kier alpha value is -4.26. The van der Waals surface area contributed by atoms with Gasteiger partial charge < -0.3 is 19.3 Å². The molecule has 2 aliphatic rings. The number of benzene rings is 3. The highest BCUT2D eigenvalue weighted by molar-refractivity contribution is 6.51. The van der Waals surface area contributed by atoms with Gasteiger partial charge in [-0.25, -0.2) is 0 Å². The Morgan fingerprint density at radius 1 is 0.854 bits per heavy atom. The summed E-state index contributed by atoms with van der Waals surface area (Å²) in [5, 5.41) is 11.7. The van der Waals surface area contributed by atoms with Crippen LogP contribution in [0, 0.1) is 0 Å². The molecule has 0 aromatic heterocycles. The molecule has 7 nitrogen and oxygen atoms in total. The number of aliphatic hydroxyl groups is 1. The van der Waals surface area contributed by atoms with E-state index in [0.717, 1.165) is 11.1 Å². The van der Waals surface area contributed by atoms with E-state index >= 15 is 0 Å². The first-order valence-electron chi connectivity index (χ1n) is 13.8. The highest BCUT2D eigenvalue weighted by Gasteiger charge is 2.47. The van der Waals surface area contributed by atoms with Crippen molar-refractivity contribution in [2.45, 2.75) is 58.4 Å². The average molecular weight is 556 g/mol. The minimum Gasteiger partial charge on any atom is -0.507 e. The van der Waals surface area contributed by atoms with Crippen molar-refractivity contribution in [3.8, 4) is 17.2 Å². The monoisotopic (exact) mass is 555 g/mol. The zero-order chi connectivity index (χ0) is 29.7. The van der Waals surface area contributed by atoms with Crippen LogP contribution < -0.4 is 19.1 Å². The highest BCUT2D eigenvalue weighted by Crippen LogP contribution is 2.45. The molecule has 2 aliphatic heterocycles. The normalized spacial score (nSPS) is 18.5. The van der Waals surface area contributed by atoms with Crippen LogP contribution >= 0.6 is 0 Å². The summed E-state index contributed by atoms with van der Waals surface area (Å²) in [5.74, 6) is 0.0488. The number of Topliss-reactive ketones (excluding diaryl/α,β-unsaturated/α-hetero) is 1. The fourth-order valence-electron chi connectivity index (χ4n) is 5.36. The molecule has 2 heterocycles. The first kappa shape index (κ1) is 28.3. The SMILES string of the molecule is COc1ccc(/C(O)=C2\C(=O)C(=O)N(c3ccc4c(c3)OCCO4)C2c2ccc(C(C)(C)C)cc2)cc1C(C)(C)C. The van der Waals surface area contributed by atoms with Crippen LogP contribution in [0.1, 0.15) is 69.8 Å². The summed E-state index contributed by atoms with van der Waals surface area (Å²) in [6, 6.07) is 17.5. The molecule has 0 saturated carbocycles. The fraction of sp³-hybridized carbons (Fsp3) is 0.353. The van der Waals surface area contributed by atoms with Crippen LogP contribution in [0.5, 0.6) is 17.2 Å². The third-order valence-corrected chi connectivity index (χ3v) is 7.62. The number of hydrogen-bond donors (Lipinski definition) is 1. The van der Waals surface area contributed by atoms with Gasteiger partial charge in [0, 0.05) is 22.9 Å². The van der Waals surface area contributed by atoms with Gasteiger partial charge in [-0.3, -0.25) is 14.5 Å². The Morgan fingerprint density at radius 2 is 1.51 bits per heavy atom. The van der Waals surface area contributed by atoms with Gasteiger partial charge in [0.15, 0.2) is 11.5 Å². The lowest BCUT2D eigenvalue weighted by molar-refractivity contribution is -0.132. The summed E-state index contributed by atoms with van der Waals surface area (Å²) in [6.07, 6.45) is 0. The third kappa shape index (κ3) is 5.17. The lowest BCUT2D eigenvalue weighted by atomic mass is 9.84. The van der Waals surface area contributed by atoms with Gasteiger partial charge in [-0.05, 0) is 52.3 Å². The van der Waals surface area contributed by atoms with Gasteiger partial charge in [-0.2, -0.15) is 0 Å². The molecule has 1 N–H and O–H groups in total. The number of methoxy groups -OCH3 is 1. The Balaban J connectivity index is 1.71. The lowest BCUT2D eigenvalue weighted by Crippen LogP contribution is -2.29. The number of ether oxygens (including phenoxy) is 3. The molecular weight excluding hydrogens is 518 g/mol. The van der Waals surface area contributed by atoms with E-state index in [9.17, 15) is 14.7 Å². The second-order valence-electron chi connectivity index (χ2n) is 12.5. The minimum absolute atomic E-state index is 0.0263. The Morgan fingerprint density at radius 3 is 2.12 bits per heavy atom. The molecule has 0 spiro atoms. The smallest absolute Gasteiger partial charge is 0.300 e. The van der Waals surface area contributed by atoms with Crippen molar-refractivity contribution in [2.75, 3.05) is 25.2 Å². The molecule has 1 amide bonds. The van der Waals surface area contributed by atoms with Crippen molar-refractivity contribution in [3.05, 3.63) is 88.5 Å². The average Bonchev–Trinajstić information content (AvgIpc) is 3.21. The zero-order valence-electron chi connectivity index (χ0n) is 24.7. The molecule has 214 valence electrons. The maximum atomic E-state index is 13.7. The standard InChI is InChI=1S/C34H37NO6/c1-33(2,3)22-11-8-20(9-12-22)29-28(30(36)21-10-14-25(39-7)24(18-21)34(4,5)6)31(37)32(38)35(29)23-13-15-26-27(19-23)41-17-16-40-26/h8-15,18-19,29,36H,16-17H2,1-7H3/b30-28+.